The molecule has 104 valence electrons. The summed E-state index contributed by atoms with van der Waals surface area (Å²) in [7, 11) is -2.93. The Morgan fingerprint density at radius 1 is 1.16 bits per heavy atom. The Morgan fingerprint density at radius 3 is 2.58 bits per heavy atom. The second-order valence-corrected chi connectivity index (χ2v) is 8.07. The number of aryl methyl sites for hydroxylation is 2. The summed E-state index contributed by atoms with van der Waals surface area (Å²) in [6.45, 7) is 0. The van der Waals surface area contributed by atoms with E-state index in [0.29, 0.717) is 6.42 Å². The van der Waals surface area contributed by atoms with E-state index < -0.39 is 15.9 Å². The van der Waals surface area contributed by atoms with Crippen LogP contribution in [0.3, 0.4) is 0 Å². The first-order valence-electron chi connectivity index (χ1n) is 7.05. The van der Waals surface area contributed by atoms with Crippen LogP contribution in [0, 0.1) is 5.92 Å². The third kappa shape index (κ3) is 2.70. The van der Waals surface area contributed by atoms with Crippen LogP contribution in [0.15, 0.2) is 18.2 Å². The maximum atomic E-state index is 11.5. The highest BCUT2D eigenvalue weighted by Crippen LogP contribution is 2.33. The summed E-state index contributed by atoms with van der Waals surface area (Å²) in [5.41, 5.74) is 3.62. The Bertz CT molecular complexity index is 577. The van der Waals surface area contributed by atoms with Gasteiger partial charge in [0.15, 0.2) is 9.84 Å². The van der Waals surface area contributed by atoms with Crippen molar-refractivity contribution >= 4 is 9.84 Å². The highest BCUT2D eigenvalue weighted by Gasteiger charge is 2.33. The lowest BCUT2D eigenvalue weighted by Crippen LogP contribution is -2.15. The summed E-state index contributed by atoms with van der Waals surface area (Å²) in [6.07, 6.45) is 4.62. The smallest absolute Gasteiger partial charge is 0.150 e. The molecule has 3 rings (SSSR count). The minimum Gasteiger partial charge on any atom is -0.388 e. The number of aliphatic hydroxyl groups is 1. The van der Waals surface area contributed by atoms with Crippen LogP contribution in [0.5, 0.6) is 0 Å². The number of sulfone groups is 1. The van der Waals surface area contributed by atoms with Crippen molar-refractivity contribution in [2.75, 3.05) is 11.5 Å². The normalized spacial score (nSPS) is 26.9. The molecule has 2 unspecified atom stereocenters. The molecule has 2 atom stereocenters. The van der Waals surface area contributed by atoms with Crippen LogP contribution in [0.1, 0.15) is 42.1 Å². The second-order valence-electron chi connectivity index (χ2n) is 5.84. The summed E-state index contributed by atoms with van der Waals surface area (Å²) in [4.78, 5) is 0. The Kier molecular flexibility index (Phi) is 3.39. The standard InChI is InChI=1S/C15H20O3S/c16-15(14-7-8-19(17,18)10-14)13-6-5-11-3-1-2-4-12(11)9-13/h5-6,9,14-16H,1-4,7-8,10H2. The fourth-order valence-corrected chi connectivity index (χ4v) is 5.11. The van der Waals surface area contributed by atoms with Gasteiger partial charge in [-0.15, -0.1) is 0 Å². The Morgan fingerprint density at radius 2 is 1.89 bits per heavy atom. The molecule has 1 aromatic rings. The molecule has 1 aliphatic heterocycles. The van der Waals surface area contributed by atoms with Gasteiger partial charge in [0.25, 0.3) is 0 Å². The molecule has 0 saturated carbocycles. The lowest BCUT2D eigenvalue weighted by molar-refractivity contribution is 0.121. The van der Waals surface area contributed by atoms with Gasteiger partial charge in [-0.2, -0.15) is 0 Å². The summed E-state index contributed by atoms with van der Waals surface area (Å²) in [5, 5.41) is 10.4. The maximum Gasteiger partial charge on any atom is 0.150 e. The van der Waals surface area contributed by atoms with Gasteiger partial charge in [-0.3, -0.25) is 0 Å². The number of benzene rings is 1. The van der Waals surface area contributed by atoms with Crippen molar-refractivity contribution in [3.05, 3.63) is 34.9 Å². The van der Waals surface area contributed by atoms with Crippen molar-refractivity contribution in [3.8, 4) is 0 Å². The van der Waals surface area contributed by atoms with Gasteiger partial charge in [0.1, 0.15) is 0 Å². The van der Waals surface area contributed by atoms with Crippen molar-refractivity contribution in [3.63, 3.8) is 0 Å². The monoisotopic (exact) mass is 280 g/mol. The van der Waals surface area contributed by atoms with Crippen molar-refractivity contribution < 1.29 is 13.5 Å². The van der Waals surface area contributed by atoms with Gasteiger partial charge < -0.3 is 5.11 Å². The third-order valence-electron chi connectivity index (χ3n) is 4.43. The molecule has 1 saturated heterocycles. The minimum atomic E-state index is -2.93. The third-order valence-corrected chi connectivity index (χ3v) is 6.22. The molecule has 0 amide bonds. The van der Waals surface area contributed by atoms with E-state index in [1.54, 1.807) is 0 Å². The first-order valence-corrected chi connectivity index (χ1v) is 8.87. The molecular weight excluding hydrogens is 260 g/mol. The lowest BCUT2D eigenvalue weighted by Gasteiger charge is -2.21. The van der Waals surface area contributed by atoms with Gasteiger partial charge in [0.05, 0.1) is 17.6 Å². The largest absolute Gasteiger partial charge is 0.388 e. The molecule has 1 heterocycles. The topological polar surface area (TPSA) is 54.4 Å². The molecule has 0 spiro atoms. The molecule has 2 aliphatic rings. The van der Waals surface area contributed by atoms with E-state index in [9.17, 15) is 13.5 Å². The van der Waals surface area contributed by atoms with E-state index in [1.165, 1.54) is 24.0 Å². The second kappa shape index (κ2) is 4.91. The summed E-state index contributed by atoms with van der Waals surface area (Å²) < 4.78 is 23.0. The van der Waals surface area contributed by atoms with Crippen LogP contribution in [-0.4, -0.2) is 25.0 Å². The molecule has 1 aliphatic carbocycles. The fraction of sp³-hybridized carbons (Fsp3) is 0.600. The zero-order valence-electron chi connectivity index (χ0n) is 11.0. The summed E-state index contributed by atoms with van der Waals surface area (Å²) in [6, 6.07) is 6.17. The van der Waals surface area contributed by atoms with Crippen LogP contribution < -0.4 is 0 Å². The Balaban J connectivity index is 1.82. The number of aliphatic hydroxyl groups excluding tert-OH is 1. The molecule has 0 aromatic heterocycles. The van der Waals surface area contributed by atoms with E-state index in [1.807, 2.05) is 6.07 Å². The van der Waals surface area contributed by atoms with E-state index in [2.05, 4.69) is 12.1 Å². The van der Waals surface area contributed by atoms with Gasteiger partial charge in [-0.25, -0.2) is 8.42 Å². The average molecular weight is 280 g/mol. The van der Waals surface area contributed by atoms with Gasteiger partial charge in [-0.05, 0) is 48.8 Å². The maximum absolute atomic E-state index is 11.5. The Hall–Kier alpha value is -0.870. The van der Waals surface area contributed by atoms with E-state index in [-0.39, 0.29) is 17.4 Å². The predicted octanol–water partition coefficient (Wildman–Crippen LogP) is 2.03. The number of fused-ring (bicyclic) bond motifs is 1. The van der Waals surface area contributed by atoms with Crippen molar-refractivity contribution in [2.24, 2.45) is 5.92 Å². The fourth-order valence-electron chi connectivity index (χ4n) is 3.28. The average Bonchev–Trinajstić information content (AvgIpc) is 2.78. The van der Waals surface area contributed by atoms with Gasteiger partial charge in [0, 0.05) is 5.92 Å². The number of rotatable bonds is 2. The van der Waals surface area contributed by atoms with Gasteiger partial charge >= 0.3 is 0 Å². The lowest BCUT2D eigenvalue weighted by atomic mass is 9.87. The molecule has 0 radical (unpaired) electrons. The van der Waals surface area contributed by atoms with Crippen LogP contribution >= 0.6 is 0 Å². The van der Waals surface area contributed by atoms with Crippen LogP contribution in [0.2, 0.25) is 0 Å². The molecule has 19 heavy (non-hydrogen) atoms. The van der Waals surface area contributed by atoms with Crippen molar-refractivity contribution in [1.82, 2.24) is 0 Å². The number of hydrogen-bond donors (Lipinski definition) is 1. The molecule has 1 N–H and O–H groups in total. The highest BCUT2D eigenvalue weighted by atomic mass is 32.2. The molecule has 1 aromatic carbocycles. The van der Waals surface area contributed by atoms with Crippen LogP contribution in [-0.2, 0) is 22.7 Å². The molecule has 0 bridgehead atoms. The molecular formula is C15H20O3S. The van der Waals surface area contributed by atoms with E-state index >= 15 is 0 Å². The Labute approximate surface area is 114 Å². The molecule has 3 nitrogen and oxygen atoms in total. The quantitative estimate of drug-likeness (QED) is 0.902. The SMILES string of the molecule is O=S1(=O)CCC(C(O)c2ccc3c(c2)CCCC3)C1. The zero-order chi connectivity index (χ0) is 13.5. The van der Waals surface area contributed by atoms with Gasteiger partial charge in [0.2, 0.25) is 0 Å². The molecule has 4 heteroatoms. The first-order chi connectivity index (χ1) is 9.05. The van der Waals surface area contributed by atoms with Crippen LogP contribution in [0.4, 0.5) is 0 Å². The summed E-state index contributed by atoms with van der Waals surface area (Å²) >= 11 is 0. The van der Waals surface area contributed by atoms with E-state index in [0.717, 1.165) is 18.4 Å². The highest BCUT2D eigenvalue weighted by molar-refractivity contribution is 7.91. The summed E-state index contributed by atoms with van der Waals surface area (Å²) in [5.74, 6) is 0.219. The zero-order valence-corrected chi connectivity index (χ0v) is 11.8. The van der Waals surface area contributed by atoms with Crippen molar-refractivity contribution in [2.45, 2.75) is 38.2 Å². The van der Waals surface area contributed by atoms with Crippen molar-refractivity contribution in [1.29, 1.82) is 0 Å². The number of hydrogen-bond acceptors (Lipinski definition) is 3. The molecule has 1 fully saturated rings. The van der Waals surface area contributed by atoms with Crippen LogP contribution in [0.25, 0.3) is 0 Å². The van der Waals surface area contributed by atoms with Gasteiger partial charge in [-0.1, -0.05) is 18.2 Å². The van der Waals surface area contributed by atoms with E-state index in [4.69, 9.17) is 0 Å². The first kappa shape index (κ1) is 13.1. The minimum absolute atomic E-state index is 0.130. The predicted molar refractivity (Wildman–Crippen MR) is 74.8 cm³/mol.